The molecule has 0 radical (unpaired) electrons. The second-order valence-corrected chi connectivity index (χ2v) is 13.7. The lowest BCUT2D eigenvalue weighted by Crippen LogP contribution is -2.47. The Kier molecular flexibility index (Phi) is 10.7. The number of fused-ring (bicyclic) bond motifs is 1. The van der Waals surface area contributed by atoms with E-state index in [1.54, 1.807) is 36.5 Å². The van der Waals surface area contributed by atoms with Crippen LogP contribution < -0.4 is 20.3 Å². The largest absolute Gasteiger partial charge is 0.772 e. The van der Waals surface area contributed by atoms with Gasteiger partial charge in [0.15, 0.2) is 0 Å². The van der Waals surface area contributed by atoms with Gasteiger partial charge >= 0.3 is 0 Å². The second kappa shape index (κ2) is 15.7. The maximum Gasteiger partial charge on any atom is 0.259 e. The van der Waals surface area contributed by atoms with E-state index in [0.717, 1.165) is 12.1 Å². The van der Waals surface area contributed by atoms with Crippen LogP contribution in [0.2, 0.25) is 5.02 Å². The molecule has 1 amide bonds. The summed E-state index contributed by atoms with van der Waals surface area (Å²) < 4.78 is 58.0. The average molecular weight is 774 g/mol. The van der Waals surface area contributed by atoms with Crippen molar-refractivity contribution in [2.75, 3.05) is 61.1 Å². The summed E-state index contributed by atoms with van der Waals surface area (Å²) in [6.07, 6.45) is 3.35. The normalized spacial score (nSPS) is 13.9. The number of para-hydroxylation sites is 1. The molecule has 1 aliphatic heterocycles. The third-order valence-corrected chi connectivity index (χ3v) is 9.76. The van der Waals surface area contributed by atoms with Crippen LogP contribution in [-0.2, 0) is 11.1 Å². The van der Waals surface area contributed by atoms with Crippen molar-refractivity contribution in [3.63, 3.8) is 0 Å². The highest BCUT2D eigenvalue weighted by Gasteiger charge is 2.24. The van der Waals surface area contributed by atoms with Gasteiger partial charge in [0.2, 0.25) is 5.95 Å². The number of hydrogen-bond donors (Lipinski definition) is 3. The number of anilines is 4. The fourth-order valence-corrected chi connectivity index (χ4v) is 6.94. The monoisotopic (exact) mass is 773 g/mol. The highest BCUT2D eigenvalue weighted by molar-refractivity contribution is 7.79. The molecule has 1 atom stereocenters. The van der Waals surface area contributed by atoms with Gasteiger partial charge in [-0.2, -0.15) is 0 Å². The van der Waals surface area contributed by atoms with Crippen molar-refractivity contribution in [1.82, 2.24) is 24.3 Å². The van der Waals surface area contributed by atoms with E-state index in [2.05, 4.69) is 20.5 Å². The molecule has 6 aromatic rings. The van der Waals surface area contributed by atoms with Crippen LogP contribution in [0, 0.1) is 11.6 Å². The Labute approximate surface area is 315 Å². The Morgan fingerprint density at radius 3 is 2.54 bits per heavy atom. The van der Waals surface area contributed by atoms with Crippen LogP contribution in [-0.4, -0.2) is 89.6 Å². The third kappa shape index (κ3) is 7.68. The zero-order chi connectivity index (χ0) is 37.9. The Morgan fingerprint density at radius 2 is 1.80 bits per heavy atom. The lowest BCUT2D eigenvalue weighted by Gasteiger charge is -2.36. The number of nitrogens with one attached hydrogen (secondary N) is 2. The first-order chi connectivity index (χ1) is 26.1. The number of imidazole rings is 1. The number of hydrogen-bond acceptors (Lipinski definition) is 11. The molecule has 13 nitrogen and oxygen atoms in total. The van der Waals surface area contributed by atoms with Gasteiger partial charge in [-0.15, -0.1) is 0 Å². The summed E-state index contributed by atoms with van der Waals surface area (Å²) in [5.74, 6) is -2.33. The molecule has 0 bridgehead atoms. The van der Waals surface area contributed by atoms with Crippen LogP contribution in [0.5, 0.6) is 11.5 Å². The summed E-state index contributed by atoms with van der Waals surface area (Å²) in [4.78, 5) is 31.5. The van der Waals surface area contributed by atoms with E-state index < -0.39 is 34.3 Å². The number of halogens is 3. The highest BCUT2D eigenvalue weighted by Crippen LogP contribution is 2.39. The average Bonchev–Trinajstić information content (AvgIpc) is 3.56. The van der Waals surface area contributed by atoms with Crippen LogP contribution >= 0.6 is 11.6 Å². The number of pyridine rings is 1. The number of nitrogens with zero attached hydrogens (tertiary/aromatic N) is 6. The number of carbonyl (C=O) groups excluding carboxylic acids is 1. The molecule has 3 N–H and O–H groups in total. The molecular formula is C37H32ClF2N8O5S-. The molecule has 54 heavy (non-hydrogen) atoms. The van der Waals surface area contributed by atoms with Gasteiger partial charge in [-0.05, 0) is 54.6 Å². The molecular weight excluding hydrogens is 742 g/mol. The first-order valence-electron chi connectivity index (χ1n) is 16.7. The van der Waals surface area contributed by atoms with Gasteiger partial charge in [-0.25, -0.2) is 23.7 Å². The maximum absolute atomic E-state index is 14.4. The van der Waals surface area contributed by atoms with Crippen molar-refractivity contribution in [3.8, 4) is 34.1 Å². The van der Waals surface area contributed by atoms with Crippen molar-refractivity contribution >= 4 is 57.2 Å². The summed E-state index contributed by atoms with van der Waals surface area (Å²) in [5.41, 5.74) is 2.84. The van der Waals surface area contributed by atoms with Gasteiger partial charge in [-0.3, -0.25) is 18.3 Å². The van der Waals surface area contributed by atoms with Gasteiger partial charge < -0.3 is 29.9 Å². The van der Waals surface area contributed by atoms with Crippen molar-refractivity contribution in [2.45, 2.75) is 0 Å². The third-order valence-electron chi connectivity index (χ3n) is 8.95. The van der Waals surface area contributed by atoms with Crippen LogP contribution in [0.4, 0.5) is 31.8 Å². The SMILES string of the molecule is COc1ccc(-c2nc3ccccn3c2-c2ccnc(Nc3cc(Cl)c(N4CCN(CCS(=O)[O-])CC4)cc3O)n2)cc1C(=O)Nc1c(F)cccc1F. The maximum atomic E-state index is 14.4. The van der Waals surface area contributed by atoms with E-state index in [1.807, 2.05) is 33.7 Å². The van der Waals surface area contributed by atoms with Gasteiger partial charge in [0.1, 0.15) is 34.5 Å². The van der Waals surface area contributed by atoms with E-state index in [9.17, 15) is 27.4 Å². The summed E-state index contributed by atoms with van der Waals surface area (Å²) in [6.45, 7) is 2.97. The van der Waals surface area contributed by atoms with Crippen LogP contribution in [0.3, 0.4) is 0 Å². The summed E-state index contributed by atoms with van der Waals surface area (Å²) in [7, 11) is 1.38. The Morgan fingerprint density at radius 1 is 1.02 bits per heavy atom. The van der Waals surface area contributed by atoms with E-state index in [1.165, 1.54) is 19.2 Å². The molecule has 0 saturated carbocycles. The number of phenols is 1. The molecule has 1 aliphatic rings. The summed E-state index contributed by atoms with van der Waals surface area (Å²) in [5, 5.41) is 16.8. The molecule has 1 unspecified atom stereocenters. The molecule has 1 saturated heterocycles. The quantitative estimate of drug-likeness (QED) is 0.103. The van der Waals surface area contributed by atoms with Crippen LogP contribution in [0.1, 0.15) is 10.4 Å². The lowest BCUT2D eigenvalue weighted by molar-refractivity contribution is 0.102. The van der Waals surface area contributed by atoms with Gasteiger partial charge in [-0.1, -0.05) is 34.8 Å². The van der Waals surface area contributed by atoms with E-state index in [-0.39, 0.29) is 34.5 Å². The number of aromatic nitrogens is 4. The van der Waals surface area contributed by atoms with Crippen molar-refractivity contribution in [2.24, 2.45) is 0 Å². The highest BCUT2D eigenvalue weighted by atomic mass is 35.5. The summed E-state index contributed by atoms with van der Waals surface area (Å²) >= 11 is 4.61. The minimum Gasteiger partial charge on any atom is -0.772 e. The fraction of sp³-hybridized carbons (Fsp3) is 0.189. The topological polar surface area (TPSA) is 160 Å². The van der Waals surface area contributed by atoms with Crippen molar-refractivity contribution < 1.29 is 32.2 Å². The molecule has 3 aromatic heterocycles. The number of benzene rings is 3. The number of methoxy groups -OCH3 is 1. The van der Waals surface area contributed by atoms with Crippen LogP contribution in [0.25, 0.3) is 28.3 Å². The molecule has 278 valence electrons. The smallest absolute Gasteiger partial charge is 0.259 e. The molecule has 0 spiro atoms. The zero-order valence-electron chi connectivity index (χ0n) is 28.6. The Bertz CT molecular complexity index is 2370. The number of amides is 1. The number of aromatic hydroxyl groups is 1. The van der Waals surface area contributed by atoms with E-state index in [0.29, 0.717) is 71.7 Å². The second-order valence-electron chi connectivity index (χ2n) is 12.3. The number of phenolic OH excluding ortho intramolecular Hbond substituents is 1. The van der Waals surface area contributed by atoms with Gasteiger partial charge in [0.05, 0.1) is 46.2 Å². The predicted molar refractivity (Wildman–Crippen MR) is 201 cm³/mol. The molecule has 0 aliphatic carbocycles. The number of rotatable bonds is 11. The van der Waals surface area contributed by atoms with Gasteiger partial charge in [0.25, 0.3) is 5.91 Å². The number of piperazine rings is 1. The van der Waals surface area contributed by atoms with Gasteiger partial charge in [0, 0.05) is 62.5 Å². The summed E-state index contributed by atoms with van der Waals surface area (Å²) in [6, 6.07) is 18.4. The van der Waals surface area contributed by atoms with Crippen LogP contribution in [0.15, 0.2) is 85.2 Å². The predicted octanol–water partition coefficient (Wildman–Crippen LogP) is 6.10. The van der Waals surface area contributed by atoms with Crippen molar-refractivity contribution in [1.29, 1.82) is 0 Å². The molecule has 3 aromatic carbocycles. The molecule has 4 heterocycles. The minimum absolute atomic E-state index is 0.0142. The minimum atomic E-state index is -2.09. The number of ether oxygens (including phenoxy) is 1. The Hall–Kier alpha value is -5.68. The molecule has 17 heteroatoms. The van der Waals surface area contributed by atoms with Crippen molar-refractivity contribution in [3.05, 3.63) is 107 Å². The lowest BCUT2D eigenvalue weighted by atomic mass is 10.0. The fourth-order valence-electron chi connectivity index (χ4n) is 6.25. The standard InChI is InChI=1S/C37H33ClF2N8O5S/c1-53-31-9-8-22(19-23(31)36(50)45-34-25(39)5-4-6-26(34)40)33-35(48-12-3-2-7-32(48)44-33)27-10-11-41-37(42-27)43-28-20-24(38)29(21-30(28)49)47-15-13-46(14-16-47)17-18-54(51)52/h2-12,19-21,49H,13-18H2,1H3,(H,45,50)(H,51,52)(H,41,42,43)/p-1. The van der Waals surface area contributed by atoms with E-state index in [4.69, 9.17) is 26.3 Å². The molecule has 7 rings (SSSR count). The first-order valence-corrected chi connectivity index (χ1v) is 18.3. The Balaban J connectivity index is 1.18. The zero-order valence-corrected chi connectivity index (χ0v) is 30.2. The number of carbonyl (C=O) groups is 1. The molecule has 1 fully saturated rings. The van der Waals surface area contributed by atoms with E-state index >= 15 is 0 Å². The first kappa shape index (κ1) is 36.7.